The molecule has 0 amide bonds. The fourth-order valence-corrected chi connectivity index (χ4v) is 1.45. The van der Waals surface area contributed by atoms with Crippen molar-refractivity contribution in [1.29, 1.82) is 0 Å². The number of hydrogen-bond donors (Lipinski definition) is 2. The summed E-state index contributed by atoms with van der Waals surface area (Å²) in [6.07, 6.45) is -2.42. The maximum absolute atomic E-state index is 9.99. The molecule has 0 bridgehead atoms. The molecule has 0 radical (unpaired) electrons. The van der Waals surface area contributed by atoms with Crippen LogP contribution in [0.4, 0.5) is 0 Å². The number of methoxy groups -OCH3 is 1. The molecule has 108 valence electrons. The van der Waals surface area contributed by atoms with Crippen molar-refractivity contribution in [3.05, 3.63) is 0 Å². The van der Waals surface area contributed by atoms with Crippen LogP contribution in [0.3, 0.4) is 0 Å². The highest BCUT2D eigenvalue weighted by Gasteiger charge is 2.30. The zero-order valence-corrected chi connectivity index (χ0v) is 12.5. The molecule has 0 fully saturated rings. The van der Waals surface area contributed by atoms with Crippen LogP contribution in [0.5, 0.6) is 0 Å². The lowest BCUT2D eigenvalue weighted by Gasteiger charge is -2.27. The van der Waals surface area contributed by atoms with Crippen LogP contribution in [-0.4, -0.2) is 46.9 Å². The molecule has 5 heteroatoms. The molecule has 0 aliphatic rings. The number of rotatable bonds is 6. The number of aliphatic hydroxyl groups is 2. The Bertz CT molecular complexity index is 269. The van der Waals surface area contributed by atoms with Crippen molar-refractivity contribution >= 4 is 5.71 Å². The van der Waals surface area contributed by atoms with Gasteiger partial charge in [0.15, 0.2) is 0 Å². The Labute approximate surface area is 110 Å². The van der Waals surface area contributed by atoms with E-state index in [2.05, 4.69) is 5.16 Å². The lowest BCUT2D eigenvalue weighted by Crippen LogP contribution is -2.43. The monoisotopic (exact) mass is 261 g/mol. The van der Waals surface area contributed by atoms with E-state index in [1.807, 2.05) is 34.6 Å². The third-order valence-corrected chi connectivity index (χ3v) is 2.34. The van der Waals surface area contributed by atoms with Gasteiger partial charge in [0.1, 0.15) is 23.5 Å². The van der Waals surface area contributed by atoms with Gasteiger partial charge in [0.25, 0.3) is 0 Å². The third-order valence-electron chi connectivity index (χ3n) is 2.34. The van der Waals surface area contributed by atoms with Gasteiger partial charge in [0.05, 0.1) is 6.10 Å². The molecule has 2 N–H and O–H groups in total. The molecule has 3 atom stereocenters. The van der Waals surface area contributed by atoms with E-state index in [1.54, 1.807) is 7.11 Å². The van der Waals surface area contributed by atoms with Gasteiger partial charge in [0.2, 0.25) is 0 Å². The Kier molecular flexibility index (Phi) is 6.81. The minimum atomic E-state index is -1.10. The molecule has 0 rings (SSSR count). The Morgan fingerprint density at radius 1 is 1.11 bits per heavy atom. The summed E-state index contributed by atoms with van der Waals surface area (Å²) in [5, 5.41) is 23.5. The van der Waals surface area contributed by atoms with Crippen LogP contribution >= 0.6 is 0 Å². The van der Waals surface area contributed by atoms with Gasteiger partial charge in [-0.1, -0.05) is 19.0 Å². The van der Waals surface area contributed by atoms with Crippen LogP contribution in [0, 0.1) is 5.92 Å². The van der Waals surface area contributed by atoms with Crippen molar-refractivity contribution in [3.8, 4) is 0 Å². The van der Waals surface area contributed by atoms with Crippen molar-refractivity contribution < 1.29 is 19.8 Å². The third kappa shape index (κ3) is 5.80. The standard InChI is InChI=1S/C13H27NO4/c1-8(2)12(17-7)10(11(16)9(3)15)14-18-13(4,5)6/h8-9,11-12,15-16H,1-7H3/b14-10-/t9?,11?,12-/m0/s1. The summed E-state index contributed by atoms with van der Waals surface area (Å²) in [7, 11) is 1.55. The largest absolute Gasteiger partial charge is 0.390 e. The molecule has 0 saturated carbocycles. The summed E-state index contributed by atoms with van der Waals surface area (Å²) in [4.78, 5) is 5.33. The van der Waals surface area contributed by atoms with Gasteiger partial charge in [-0.25, -0.2) is 0 Å². The van der Waals surface area contributed by atoms with E-state index < -0.39 is 23.9 Å². The molecule has 2 unspecified atom stereocenters. The topological polar surface area (TPSA) is 71.3 Å². The van der Waals surface area contributed by atoms with Crippen LogP contribution in [0.25, 0.3) is 0 Å². The second-order valence-electron chi connectivity index (χ2n) is 5.81. The molecule has 0 aromatic heterocycles. The number of aliphatic hydroxyl groups excluding tert-OH is 2. The normalized spacial score (nSPS) is 18.7. The first kappa shape index (κ1) is 17.4. The van der Waals surface area contributed by atoms with Crippen molar-refractivity contribution in [1.82, 2.24) is 0 Å². The Balaban J connectivity index is 5.16. The Hall–Kier alpha value is -0.650. The molecule has 0 aliphatic carbocycles. The van der Waals surface area contributed by atoms with Gasteiger partial charge in [-0.2, -0.15) is 0 Å². The van der Waals surface area contributed by atoms with E-state index in [4.69, 9.17) is 9.57 Å². The average Bonchev–Trinajstić information content (AvgIpc) is 2.20. The predicted octanol–water partition coefficient (Wildman–Crippen LogP) is 1.57. The van der Waals surface area contributed by atoms with E-state index in [-0.39, 0.29) is 5.92 Å². The van der Waals surface area contributed by atoms with Crippen molar-refractivity contribution in [2.45, 2.75) is 65.5 Å². The van der Waals surface area contributed by atoms with Gasteiger partial charge in [-0.05, 0) is 33.6 Å². The highest BCUT2D eigenvalue weighted by molar-refractivity contribution is 5.92. The predicted molar refractivity (Wildman–Crippen MR) is 71.6 cm³/mol. The first-order valence-corrected chi connectivity index (χ1v) is 6.25. The van der Waals surface area contributed by atoms with E-state index >= 15 is 0 Å². The number of oxime groups is 1. The second kappa shape index (κ2) is 7.07. The molecule has 0 aromatic carbocycles. The van der Waals surface area contributed by atoms with Crippen LogP contribution in [-0.2, 0) is 9.57 Å². The van der Waals surface area contributed by atoms with Crippen LogP contribution in [0.15, 0.2) is 5.16 Å². The average molecular weight is 261 g/mol. The summed E-state index contributed by atoms with van der Waals surface area (Å²) in [5.41, 5.74) is -0.142. The lowest BCUT2D eigenvalue weighted by atomic mass is 9.96. The van der Waals surface area contributed by atoms with E-state index in [1.165, 1.54) is 6.92 Å². The molecular formula is C13H27NO4. The number of nitrogens with zero attached hydrogens (tertiary/aromatic N) is 1. The van der Waals surface area contributed by atoms with Crippen molar-refractivity contribution in [3.63, 3.8) is 0 Å². The van der Waals surface area contributed by atoms with Gasteiger partial charge < -0.3 is 19.8 Å². The zero-order valence-electron chi connectivity index (χ0n) is 12.5. The molecule has 0 saturated heterocycles. The van der Waals surface area contributed by atoms with E-state index in [0.29, 0.717) is 5.71 Å². The molecule has 5 nitrogen and oxygen atoms in total. The first-order chi connectivity index (χ1) is 8.10. The Morgan fingerprint density at radius 2 is 1.61 bits per heavy atom. The van der Waals surface area contributed by atoms with Gasteiger partial charge in [-0.15, -0.1) is 0 Å². The molecule has 0 spiro atoms. The zero-order chi connectivity index (χ0) is 14.5. The number of hydrogen-bond acceptors (Lipinski definition) is 5. The summed E-state index contributed by atoms with van der Waals surface area (Å²) in [6, 6.07) is 0. The smallest absolute Gasteiger partial charge is 0.129 e. The molecular weight excluding hydrogens is 234 g/mol. The summed E-state index contributed by atoms with van der Waals surface area (Å²) < 4.78 is 5.33. The highest BCUT2D eigenvalue weighted by atomic mass is 16.6. The van der Waals surface area contributed by atoms with Crippen LogP contribution < -0.4 is 0 Å². The fraction of sp³-hybridized carbons (Fsp3) is 0.923. The van der Waals surface area contributed by atoms with Crippen LogP contribution in [0.1, 0.15) is 41.5 Å². The summed E-state index contributed by atoms with van der Waals surface area (Å²) in [6.45, 7) is 11.0. The SMILES string of the molecule is CO[C@H](/C(=N\OC(C)(C)C)C(O)C(C)O)C(C)C. The highest BCUT2D eigenvalue weighted by Crippen LogP contribution is 2.15. The first-order valence-electron chi connectivity index (χ1n) is 6.25. The quantitative estimate of drug-likeness (QED) is 0.562. The minimum absolute atomic E-state index is 0.116. The number of ether oxygens (including phenoxy) is 1. The Morgan fingerprint density at radius 3 is 1.89 bits per heavy atom. The van der Waals surface area contributed by atoms with Crippen molar-refractivity contribution in [2.75, 3.05) is 7.11 Å². The summed E-state index contributed by atoms with van der Waals surface area (Å²) >= 11 is 0. The van der Waals surface area contributed by atoms with Crippen LogP contribution in [0.2, 0.25) is 0 Å². The fourth-order valence-electron chi connectivity index (χ4n) is 1.45. The van der Waals surface area contributed by atoms with E-state index in [0.717, 1.165) is 0 Å². The molecule has 0 aromatic rings. The van der Waals surface area contributed by atoms with E-state index in [9.17, 15) is 10.2 Å². The molecule has 0 aliphatic heterocycles. The van der Waals surface area contributed by atoms with Gasteiger partial charge in [0, 0.05) is 7.11 Å². The van der Waals surface area contributed by atoms with Gasteiger partial charge in [-0.3, -0.25) is 0 Å². The summed E-state index contributed by atoms with van der Waals surface area (Å²) in [5.74, 6) is 0.116. The van der Waals surface area contributed by atoms with Crippen molar-refractivity contribution in [2.24, 2.45) is 11.1 Å². The minimum Gasteiger partial charge on any atom is -0.390 e. The maximum atomic E-state index is 9.99. The maximum Gasteiger partial charge on any atom is 0.129 e. The molecule has 18 heavy (non-hydrogen) atoms. The van der Waals surface area contributed by atoms with Gasteiger partial charge >= 0.3 is 0 Å². The lowest BCUT2D eigenvalue weighted by molar-refractivity contribution is -0.0104. The molecule has 0 heterocycles. The second-order valence-corrected chi connectivity index (χ2v) is 5.81.